The van der Waals surface area contributed by atoms with Gasteiger partial charge >= 0.3 is 0 Å². The molecule has 1 nitrogen and oxygen atoms in total. The molecule has 0 spiro atoms. The highest BCUT2D eigenvalue weighted by Gasteiger charge is 2.24. The molecule has 0 unspecified atom stereocenters. The Kier molecular flexibility index (Phi) is 7.97. The average Bonchev–Trinajstić information content (AvgIpc) is 3.89. The van der Waals surface area contributed by atoms with Gasteiger partial charge in [-0.3, -0.25) is 0 Å². The first kappa shape index (κ1) is 34.0. The van der Waals surface area contributed by atoms with Crippen LogP contribution in [0.1, 0.15) is 0 Å². The van der Waals surface area contributed by atoms with Gasteiger partial charge in [0.1, 0.15) is 0 Å². The summed E-state index contributed by atoms with van der Waals surface area (Å²) < 4.78 is 5.16. The van der Waals surface area contributed by atoms with Crippen LogP contribution in [0.2, 0.25) is 0 Å². The zero-order chi connectivity index (χ0) is 38.9. The van der Waals surface area contributed by atoms with E-state index < -0.39 is 0 Å². The molecule has 59 heavy (non-hydrogen) atoms. The van der Waals surface area contributed by atoms with E-state index in [4.69, 9.17) is 0 Å². The molecular weight excluding hydrogens is 751 g/mol. The first-order valence-corrected chi connectivity index (χ1v) is 21.7. The summed E-state index contributed by atoms with van der Waals surface area (Å²) >= 11 is 3.78. The number of rotatable bonds is 6. The zero-order valence-corrected chi connectivity index (χ0v) is 33.6. The second kappa shape index (κ2) is 13.8. The van der Waals surface area contributed by atoms with Crippen molar-refractivity contribution in [3.63, 3.8) is 0 Å². The quantitative estimate of drug-likeness (QED) is 0.152. The monoisotopic (exact) mass is 785 g/mol. The van der Waals surface area contributed by atoms with E-state index in [9.17, 15) is 0 Å². The van der Waals surface area contributed by atoms with Crippen LogP contribution in [0.15, 0.2) is 212 Å². The minimum absolute atomic E-state index is 1.12. The highest BCUT2D eigenvalue weighted by atomic mass is 32.1. The maximum absolute atomic E-state index is 2.52. The van der Waals surface area contributed by atoms with Gasteiger partial charge in [-0.1, -0.05) is 170 Å². The zero-order valence-electron chi connectivity index (χ0n) is 32.0. The highest BCUT2D eigenvalue weighted by molar-refractivity contribution is 7.27. The molecule has 2 heterocycles. The normalized spacial score (nSPS) is 11.7. The van der Waals surface area contributed by atoms with E-state index in [2.05, 4.69) is 217 Å². The number of benzene rings is 10. The standard InChI is InChI=1S/C56H35NS2/c1-3-12-36(13-4-1)41-27-31-49-53(35-41)59-56-46(38-14-5-2-6-15-38)32-33-50(54(49)56)57(51-20-11-19-48-47-18-9-10-21-52(47)58-55(48)51)43-28-24-37(25-29-43)40-26-30-45-42(34-40)23-22-39-16-7-8-17-44(39)45/h1-35H. The van der Waals surface area contributed by atoms with Gasteiger partial charge in [0.15, 0.2) is 0 Å². The van der Waals surface area contributed by atoms with Crippen LogP contribution in [0, 0.1) is 0 Å². The molecule has 0 fully saturated rings. The molecule has 10 aromatic carbocycles. The SMILES string of the molecule is c1ccc(-c2ccc3c(c2)sc2c(-c4ccccc4)ccc(N(c4ccc(-c5ccc6c(ccc7ccccc76)c5)cc4)c4cccc5c4sc4ccccc45)c23)cc1. The Balaban J connectivity index is 1.09. The average molecular weight is 786 g/mol. The van der Waals surface area contributed by atoms with Gasteiger partial charge in [0.05, 0.1) is 16.1 Å². The summed E-state index contributed by atoms with van der Waals surface area (Å²) in [6, 6.07) is 78.1. The largest absolute Gasteiger partial charge is 0.308 e. The van der Waals surface area contributed by atoms with Gasteiger partial charge in [-0.25, -0.2) is 0 Å². The van der Waals surface area contributed by atoms with Crippen molar-refractivity contribution in [2.45, 2.75) is 0 Å². The highest BCUT2D eigenvalue weighted by Crippen LogP contribution is 2.51. The van der Waals surface area contributed by atoms with E-state index in [1.807, 2.05) is 22.7 Å². The molecule has 0 aliphatic heterocycles. The van der Waals surface area contributed by atoms with E-state index in [1.165, 1.54) is 107 Å². The molecule has 0 amide bonds. The second-order valence-electron chi connectivity index (χ2n) is 15.2. The number of hydrogen-bond acceptors (Lipinski definition) is 3. The van der Waals surface area contributed by atoms with Gasteiger partial charge in [-0.15, -0.1) is 22.7 Å². The number of anilines is 3. The lowest BCUT2D eigenvalue weighted by Crippen LogP contribution is -2.10. The molecule has 0 atom stereocenters. The summed E-state index contributed by atoms with van der Waals surface area (Å²) in [5, 5.41) is 10.2. The van der Waals surface area contributed by atoms with Crippen LogP contribution in [0.3, 0.4) is 0 Å². The van der Waals surface area contributed by atoms with Crippen molar-refractivity contribution < 1.29 is 0 Å². The van der Waals surface area contributed by atoms with Crippen LogP contribution in [0.5, 0.6) is 0 Å². The lowest BCUT2D eigenvalue weighted by Gasteiger charge is -2.28. The van der Waals surface area contributed by atoms with Crippen LogP contribution >= 0.6 is 22.7 Å². The van der Waals surface area contributed by atoms with E-state index in [0.29, 0.717) is 0 Å². The van der Waals surface area contributed by atoms with Crippen LogP contribution in [-0.4, -0.2) is 0 Å². The third kappa shape index (κ3) is 5.66. The molecule has 12 rings (SSSR count). The molecule has 12 aromatic rings. The third-order valence-electron chi connectivity index (χ3n) is 11.9. The van der Waals surface area contributed by atoms with Gasteiger partial charge in [-0.2, -0.15) is 0 Å². The smallest absolute Gasteiger partial charge is 0.0640 e. The van der Waals surface area contributed by atoms with Crippen molar-refractivity contribution in [2.75, 3.05) is 4.90 Å². The van der Waals surface area contributed by atoms with E-state index >= 15 is 0 Å². The third-order valence-corrected chi connectivity index (χ3v) is 14.3. The first-order valence-electron chi connectivity index (χ1n) is 20.1. The van der Waals surface area contributed by atoms with E-state index in [-0.39, 0.29) is 0 Å². The number of thiophene rings is 2. The fourth-order valence-electron chi connectivity index (χ4n) is 9.02. The summed E-state index contributed by atoms with van der Waals surface area (Å²) in [6.45, 7) is 0. The second-order valence-corrected chi connectivity index (χ2v) is 17.3. The van der Waals surface area contributed by atoms with Crippen molar-refractivity contribution in [1.82, 2.24) is 0 Å². The van der Waals surface area contributed by atoms with Crippen LogP contribution in [-0.2, 0) is 0 Å². The number of hydrogen-bond donors (Lipinski definition) is 0. The molecule has 276 valence electrons. The van der Waals surface area contributed by atoms with Gasteiger partial charge in [-0.05, 0) is 97.4 Å². The van der Waals surface area contributed by atoms with E-state index in [0.717, 1.165) is 5.69 Å². The van der Waals surface area contributed by atoms with E-state index in [1.54, 1.807) is 0 Å². The molecule has 0 N–H and O–H groups in total. The van der Waals surface area contributed by atoms with Crippen molar-refractivity contribution in [3.8, 4) is 33.4 Å². The van der Waals surface area contributed by atoms with Gasteiger partial charge in [0, 0.05) is 41.3 Å². The molecule has 0 saturated carbocycles. The van der Waals surface area contributed by atoms with Crippen LogP contribution in [0.25, 0.3) is 95.3 Å². The minimum atomic E-state index is 1.12. The predicted molar refractivity (Wildman–Crippen MR) is 258 cm³/mol. The topological polar surface area (TPSA) is 3.24 Å². The molecule has 2 aromatic heterocycles. The molecule has 0 bridgehead atoms. The van der Waals surface area contributed by atoms with Crippen molar-refractivity contribution >= 4 is 102 Å². The molecule has 0 saturated heterocycles. The summed E-state index contributed by atoms with van der Waals surface area (Å²) in [5.74, 6) is 0. The summed E-state index contributed by atoms with van der Waals surface area (Å²) in [7, 11) is 0. The Hall–Kier alpha value is -7.04. The Morgan fingerprint density at radius 3 is 1.75 bits per heavy atom. The summed E-state index contributed by atoms with van der Waals surface area (Å²) in [4.78, 5) is 2.52. The van der Waals surface area contributed by atoms with Crippen molar-refractivity contribution in [1.29, 1.82) is 0 Å². The van der Waals surface area contributed by atoms with Crippen molar-refractivity contribution in [2.24, 2.45) is 0 Å². The minimum Gasteiger partial charge on any atom is -0.308 e. The first-order chi connectivity index (χ1) is 29.2. The summed E-state index contributed by atoms with van der Waals surface area (Å²) in [6.07, 6.45) is 0. The molecule has 0 radical (unpaired) electrons. The Bertz CT molecular complexity index is 3540. The van der Waals surface area contributed by atoms with Gasteiger partial charge in [0.2, 0.25) is 0 Å². The van der Waals surface area contributed by atoms with Gasteiger partial charge in [0.25, 0.3) is 0 Å². The van der Waals surface area contributed by atoms with Crippen LogP contribution in [0.4, 0.5) is 17.1 Å². The summed E-state index contributed by atoms with van der Waals surface area (Å²) in [5.41, 5.74) is 10.8. The maximum atomic E-state index is 2.52. The maximum Gasteiger partial charge on any atom is 0.0640 e. The molecule has 0 aliphatic carbocycles. The lowest BCUT2D eigenvalue weighted by molar-refractivity contribution is 1.32. The Labute approximate surface area is 350 Å². The lowest BCUT2D eigenvalue weighted by atomic mass is 9.97. The molecular formula is C56H35NS2. The van der Waals surface area contributed by atoms with Crippen molar-refractivity contribution in [3.05, 3.63) is 212 Å². The Morgan fingerprint density at radius 1 is 0.305 bits per heavy atom. The number of nitrogens with zero attached hydrogens (tertiary/aromatic N) is 1. The Morgan fingerprint density at radius 2 is 0.915 bits per heavy atom. The fourth-order valence-corrected chi connectivity index (χ4v) is 11.5. The molecule has 0 aliphatic rings. The fraction of sp³-hybridized carbons (Fsp3) is 0. The predicted octanol–water partition coefficient (Wildman–Crippen LogP) is 17.2. The van der Waals surface area contributed by atoms with Crippen LogP contribution < -0.4 is 4.90 Å². The number of fused-ring (bicyclic) bond motifs is 9. The molecule has 3 heteroatoms. The van der Waals surface area contributed by atoms with Gasteiger partial charge < -0.3 is 4.90 Å².